The molecule has 1 aromatic heterocycles. The molecule has 3 nitrogen and oxygen atoms in total. The Bertz CT molecular complexity index is 590. The number of hydrogen-bond acceptors (Lipinski definition) is 3. The highest BCUT2D eigenvalue weighted by atomic mass is 79.9. The lowest BCUT2D eigenvalue weighted by molar-refractivity contribution is 0.460. The molecule has 20 heavy (non-hydrogen) atoms. The van der Waals surface area contributed by atoms with E-state index in [9.17, 15) is 0 Å². The Balaban J connectivity index is 2.26. The molecule has 1 unspecified atom stereocenters. The van der Waals surface area contributed by atoms with E-state index in [-0.39, 0.29) is 6.04 Å². The summed E-state index contributed by atoms with van der Waals surface area (Å²) in [4.78, 5) is 4.27. The molecule has 0 aliphatic rings. The first-order valence-corrected chi connectivity index (χ1v) is 7.38. The van der Waals surface area contributed by atoms with Crippen LogP contribution in [0.25, 0.3) is 0 Å². The van der Waals surface area contributed by atoms with Gasteiger partial charge in [-0.05, 0) is 62.7 Å². The number of rotatable bonds is 4. The summed E-state index contributed by atoms with van der Waals surface area (Å²) in [6.45, 7) is 6.21. The SMILES string of the molecule is CNC(C)c1ccnc(Oc2cc(C)c(Br)c(C)c2)c1. The third-order valence-corrected chi connectivity index (χ3v) is 4.58. The number of hydrogen-bond donors (Lipinski definition) is 1. The van der Waals surface area contributed by atoms with Gasteiger partial charge in [0, 0.05) is 22.8 Å². The summed E-state index contributed by atoms with van der Waals surface area (Å²) in [7, 11) is 1.94. The maximum Gasteiger partial charge on any atom is 0.219 e. The molecule has 0 saturated heterocycles. The maximum atomic E-state index is 5.87. The Morgan fingerprint density at radius 1 is 1.20 bits per heavy atom. The van der Waals surface area contributed by atoms with Gasteiger partial charge in [-0.2, -0.15) is 0 Å². The number of aryl methyl sites for hydroxylation is 2. The number of pyridine rings is 1. The molecule has 0 spiro atoms. The van der Waals surface area contributed by atoms with Crippen LogP contribution in [0, 0.1) is 13.8 Å². The number of benzene rings is 1. The summed E-state index contributed by atoms with van der Waals surface area (Å²) in [5.41, 5.74) is 3.46. The fourth-order valence-corrected chi connectivity index (χ4v) is 2.23. The molecule has 2 rings (SSSR count). The van der Waals surface area contributed by atoms with Crippen molar-refractivity contribution in [2.75, 3.05) is 7.05 Å². The zero-order chi connectivity index (χ0) is 14.7. The van der Waals surface area contributed by atoms with Crippen molar-refractivity contribution in [3.05, 3.63) is 51.6 Å². The topological polar surface area (TPSA) is 34.2 Å². The largest absolute Gasteiger partial charge is 0.439 e. The van der Waals surface area contributed by atoms with Crippen LogP contribution in [-0.2, 0) is 0 Å². The molecule has 0 radical (unpaired) electrons. The third kappa shape index (κ3) is 3.38. The molecule has 0 amide bonds. The number of aromatic nitrogens is 1. The van der Waals surface area contributed by atoms with Gasteiger partial charge in [-0.3, -0.25) is 0 Å². The second-order valence-corrected chi connectivity index (χ2v) is 5.70. The lowest BCUT2D eigenvalue weighted by atomic mass is 10.1. The lowest BCUT2D eigenvalue weighted by Crippen LogP contribution is -2.12. The van der Waals surface area contributed by atoms with Gasteiger partial charge in [0.2, 0.25) is 5.88 Å². The summed E-state index contributed by atoms with van der Waals surface area (Å²) in [5, 5.41) is 3.21. The molecule has 0 saturated carbocycles. The summed E-state index contributed by atoms with van der Waals surface area (Å²) in [5.74, 6) is 1.43. The monoisotopic (exact) mass is 334 g/mol. The van der Waals surface area contributed by atoms with E-state index < -0.39 is 0 Å². The van der Waals surface area contributed by atoms with Crippen molar-refractivity contribution in [1.82, 2.24) is 10.3 Å². The lowest BCUT2D eigenvalue weighted by Gasteiger charge is -2.13. The van der Waals surface area contributed by atoms with Crippen LogP contribution in [0.5, 0.6) is 11.6 Å². The minimum Gasteiger partial charge on any atom is -0.439 e. The van der Waals surface area contributed by atoms with Gasteiger partial charge in [-0.15, -0.1) is 0 Å². The molecule has 106 valence electrons. The molecule has 1 atom stereocenters. The van der Waals surface area contributed by atoms with Crippen molar-refractivity contribution in [3.8, 4) is 11.6 Å². The van der Waals surface area contributed by atoms with Crippen LogP contribution in [0.3, 0.4) is 0 Å². The number of halogens is 1. The van der Waals surface area contributed by atoms with E-state index >= 15 is 0 Å². The zero-order valence-electron chi connectivity index (χ0n) is 12.2. The van der Waals surface area contributed by atoms with Gasteiger partial charge >= 0.3 is 0 Å². The third-order valence-electron chi connectivity index (χ3n) is 3.32. The van der Waals surface area contributed by atoms with Crippen molar-refractivity contribution in [3.63, 3.8) is 0 Å². The van der Waals surface area contributed by atoms with Gasteiger partial charge in [-0.25, -0.2) is 4.98 Å². The molecule has 1 N–H and O–H groups in total. The predicted molar refractivity (Wildman–Crippen MR) is 85.4 cm³/mol. The van der Waals surface area contributed by atoms with Crippen LogP contribution in [-0.4, -0.2) is 12.0 Å². The quantitative estimate of drug-likeness (QED) is 0.891. The molecular weight excluding hydrogens is 316 g/mol. The van der Waals surface area contributed by atoms with E-state index in [1.54, 1.807) is 6.20 Å². The normalized spacial score (nSPS) is 12.2. The molecule has 0 aliphatic heterocycles. The van der Waals surface area contributed by atoms with Crippen molar-refractivity contribution < 1.29 is 4.74 Å². The standard InChI is InChI=1S/C16H19BrN2O/c1-10-7-14(8-11(2)16(10)17)20-15-9-13(5-6-19-15)12(3)18-4/h5-9,12,18H,1-4H3. The summed E-state index contributed by atoms with van der Waals surface area (Å²) < 4.78 is 6.99. The van der Waals surface area contributed by atoms with Crippen LogP contribution in [0.2, 0.25) is 0 Å². The van der Waals surface area contributed by atoms with Gasteiger partial charge in [0.1, 0.15) is 5.75 Å². The van der Waals surface area contributed by atoms with E-state index in [1.807, 2.05) is 31.3 Å². The van der Waals surface area contributed by atoms with Gasteiger partial charge in [-0.1, -0.05) is 15.9 Å². The average molecular weight is 335 g/mol. The van der Waals surface area contributed by atoms with E-state index in [2.05, 4.69) is 47.0 Å². The molecular formula is C16H19BrN2O. The predicted octanol–water partition coefficient (Wildman–Crippen LogP) is 4.53. The Hall–Kier alpha value is -1.39. The molecule has 0 bridgehead atoms. The van der Waals surface area contributed by atoms with Crippen molar-refractivity contribution in [2.24, 2.45) is 0 Å². The first-order chi connectivity index (χ1) is 9.51. The number of nitrogens with zero attached hydrogens (tertiary/aromatic N) is 1. The second kappa shape index (κ2) is 6.37. The Morgan fingerprint density at radius 3 is 2.45 bits per heavy atom. The minimum atomic E-state index is 0.272. The molecule has 0 fully saturated rings. The van der Waals surface area contributed by atoms with Gasteiger partial charge < -0.3 is 10.1 Å². The van der Waals surface area contributed by atoms with Gasteiger partial charge in [0.25, 0.3) is 0 Å². The number of ether oxygens (including phenoxy) is 1. The second-order valence-electron chi connectivity index (χ2n) is 4.91. The van der Waals surface area contributed by atoms with Gasteiger partial charge in [0.15, 0.2) is 0 Å². The van der Waals surface area contributed by atoms with Crippen molar-refractivity contribution in [2.45, 2.75) is 26.8 Å². The maximum absolute atomic E-state index is 5.87. The first-order valence-electron chi connectivity index (χ1n) is 6.59. The van der Waals surface area contributed by atoms with Crippen LogP contribution in [0.1, 0.15) is 29.7 Å². The Kier molecular flexibility index (Phi) is 4.78. The minimum absolute atomic E-state index is 0.272. The van der Waals surface area contributed by atoms with Crippen molar-refractivity contribution >= 4 is 15.9 Å². The summed E-state index contributed by atoms with van der Waals surface area (Å²) in [6, 6.07) is 8.24. The highest BCUT2D eigenvalue weighted by Crippen LogP contribution is 2.29. The Labute approximate surface area is 128 Å². The average Bonchev–Trinajstić information content (AvgIpc) is 2.44. The van der Waals surface area contributed by atoms with Crippen LogP contribution in [0.15, 0.2) is 34.9 Å². The fourth-order valence-electron chi connectivity index (χ4n) is 2.00. The molecule has 2 aromatic rings. The molecule has 4 heteroatoms. The van der Waals surface area contributed by atoms with Crippen LogP contribution in [0.4, 0.5) is 0 Å². The summed E-state index contributed by atoms with van der Waals surface area (Å²) in [6.07, 6.45) is 1.77. The molecule has 0 aliphatic carbocycles. The van der Waals surface area contributed by atoms with Crippen LogP contribution >= 0.6 is 15.9 Å². The fraction of sp³-hybridized carbons (Fsp3) is 0.312. The highest BCUT2D eigenvalue weighted by Gasteiger charge is 2.07. The van der Waals surface area contributed by atoms with Crippen LogP contribution < -0.4 is 10.1 Å². The van der Waals surface area contributed by atoms with Crippen molar-refractivity contribution in [1.29, 1.82) is 0 Å². The molecule has 1 heterocycles. The van der Waals surface area contributed by atoms with Gasteiger partial charge in [0.05, 0.1) is 0 Å². The molecule has 1 aromatic carbocycles. The van der Waals surface area contributed by atoms with E-state index in [0.29, 0.717) is 5.88 Å². The van der Waals surface area contributed by atoms with E-state index in [4.69, 9.17) is 4.74 Å². The van der Waals surface area contributed by atoms with E-state index in [0.717, 1.165) is 26.9 Å². The van der Waals surface area contributed by atoms with E-state index in [1.165, 1.54) is 0 Å². The Morgan fingerprint density at radius 2 is 1.85 bits per heavy atom. The summed E-state index contributed by atoms with van der Waals surface area (Å²) >= 11 is 3.56. The zero-order valence-corrected chi connectivity index (χ0v) is 13.8. The first kappa shape index (κ1) is 15.0. The number of nitrogens with one attached hydrogen (secondary N) is 1. The highest BCUT2D eigenvalue weighted by molar-refractivity contribution is 9.10. The smallest absolute Gasteiger partial charge is 0.219 e.